The van der Waals surface area contributed by atoms with Crippen molar-refractivity contribution < 1.29 is 19.1 Å². The summed E-state index contributed by atoms with van der Waals surface area (Å²) in [5, 5.41) is 3.22. The van der Waals surface area contributed by atoms with Crippen LogP contribution in [0.25, 0.3) is 17.0 Å². The predicted molar refractivity (Wildman–Crippen MR) is 122 cm³/mol. The molecule has 1 aromatic heterocycles. The van der Waals surface area contributed by atoms with Crippen LogP contribution in [-0.2, 0) is 16.1 Å². The van der Waals surface area contributed by atoms with Gasteiger partial charge in [0.25, 0.3) is 11.1 Å². The molecule has 1 aliphatic heterocycles. The molecule has 1 saturated heterocycles. The second kappa shape index (κ2) is 8.69. The number of imide groups is 1. The van der Waals surface area contributed by atoms with Crippen LogP contribution >= 0.6 is 11.8 Å². The largest absolute Gasteiger partial charge is 0.495 e. The fourth-order valence-corrected chi connectivity index (χ4v) is 4.34. The standard InChI is InChI=1S/C23H21N3O4S/c1-3-25-13-15(16-8-4-6-10-18(16)25)12-20-22(28)26(23(29)31-20)14-21(27)24-17-9-5-7-11-19(17)30-2/h4-13H,3,14H2,1-2H3,(H,24,27)/b20-12-. The van der Waals surface area contributed by atoms with Crippen LogP contribution < -0.4 is 10.1 Å². The van der Waals surface area contributed by atoms with E-state index in [0.29, 0.717) is 16.3 Å². The third-order valence-corrected chi connectivity index (χ3v) is 5.91. The Hall–Kier alpha value is -3.52. The number of hydrogen-bond acceptors (Lipinski definition) is 5. The maximum absolute atomic E-state index is 12.8. The van der Waals surface area contributed by atoms with Gasteiger partial charge in [0.15, 0.2) is 0 Å². The summed E-state index contributed by atoms with van der Waals surface area (Å²) in [6.45, 7) is 2.47. The van der Waals surface area contributed by atoms with Crippen LogP contribution in [0.2, 0.25) is 0 Å². The molecule has 0 bridgehead atoms. The Bertz CT molecular complexity index is 1210. The van der Waals surface area contributed by atoms with Crippen LogP contribution in [0.5, 0.6) is 5.75 Å². The molecule has 7 nitrogen and oxygen atoms in total. The smallest absolute Gasteiger partial charge is 0.294 e. The number of benzene rings is 2. The Morgan fingerprint density at radius 1 is 1.13 bits per heavy atom. The van der Waals surface area contributed by atoms with Gasteiger partial charge in [0.1, 0.15) is 12.3 Å². The van der Waals surface area contributed by atoms with E-state index < -0.39 is 17.1 Å². The van der Waals surface area contributed by atoms with E-state index in [1.165, 1.54) is 7.11 Å². The Balaban J connectivity index is 1.54. The van der Waals surface area contributed by atoms with Crippen LogP contribution in [-0.4, -0.2) is 40.2 Å². The van der Waals surface area contributed by atoms with E-state index in [4.69, 9.17) is 4.74 Å². The van der Waals surface area contributed by atoms with Gasteiger partial charge < -0.3 is 14.6 Å². The van der Waals surface area contributed by atoms with Crippen LogP contribution in [0, 0.1) is 0 Å². The third-order valence-electron chi connectivity index (χ3n) is 5.00. The minimum atomic E-state index is -0.476. The Morgan fingerprint density at radius 2 is 1.87 bits per heavy atom. The van der Waals surface area contributed by atoms with E-state index in [1.54, 1.807) is 30.3 Å². The number of para-hydroxylation sites is 3. The van der Waals surface area contributed by atoms with Crippen molar-refractivity contribution in [1.29, 1.82) is 0 Å². The highest BCUT2D eigenvalue weighted by molar-refractivity contribution is 8.18. The lowest BCUT2D eigenvalue weighted by Gasteiger charge is -2.14. The van der Waals surface area contributed by atoms with Gasteiger partial charge in [-0.1, -0.05) is 30.3 Å². The third kappa shape index (κ3) is 4.06. The van der Waals surface area contributed by atoms with Crippen molar-refractivity contribution in [1.82, 2.24) is 9.47 Å². The highest BCUT2D eigenvalue weighted by Gasteiger charge is 2.36. The Labute approximate surface area is 183 Å². The fourth-order valence-electron chi connectivity index (χ4n) is 3.51. The summed E-state index contributed by atoms with van der Waals surface area (Å²) >= 11 is 0.843. The second-order valence-electron chi connectivity index (χ2n) is 6.90. The lowest BCUT2D eigenvalue weighted by Crippen LogP contribution is -2.36. The highest BCUT2D eigenvalue weighted by Crippen LogP contribution is 2.34. The van der Waals surface area contributed by atoms with Crippen LogP contribution in [0.3, 0.4) is 0 Å². The first-order valence-electron chi connectivity index (χ1n) is 9.78. The quantitative estimate of drug-likeness (QED) is 0.583. The molecule has 0 radical (unpaired) electrons. The molecule has 2 heterocycles. The number of amides is 3. The fraction of sp³-hybridized carbons (Fsp3) is 0.174. The summed E-state index contributed by atoms with van der Waals surface area (Å²) in [5.41, 5.74) is 2.40. The van der Waals surface area contributed by atoms with Gasteiger partial charge in [-0.15, -0.1) is 0 Å². The zero-order chi connectivity index (χ0) is 22.0. The van der Waals surface area contributed by atoms with E-state index in [0.717, 1.165) is 39.7 Å². The summed E-state index contributed by atoms with van der Waals surface area (Å²) in [6, 6.07) is 14.8. The van der Waals surface area contributed by atoms with Crippen molar-refractivity contribution in [2.75, 3.05) is 19.0 Å². The molecule has 0 aliphatic carbocycles. The van der Waals surface area contributed by atoms with Crippen LogP contribution in [0.1, 0.15) is 12.5 Å². The van der Waals surface area contributed by atoms with Crippen LogP contribution in [0.15, 0.2) is 59.6 Å². The highest BCUT2D eigenvalue weighted by atomic mass is 32.2. The molecular weight excluding hydrogens is 414 g/mol. The summed E-state index contributed by atoms with van der Waals surface area (Å²) in [5.74, 6) is -0.452. The molecule has 0 spiro atoms. The van der Waals surface area contributed by atoms with E-state index in [9.17, 15) is 14.4 Å². The molecule has 0 unspecified atom stereocenters. The molecule has 31 heavy (non-hydrogen) atoms. The minimum Gasteiger partial charge on any atom is -0.495 e. The SMILES string of the molecule is CCn1cc(/C=C2\SC(=O)N(CC(=O)Nc3ccccc3OC)C2=O)c2ccccc21. The number of aryl methyl sites for hydroxylation is 1. The van der Waals surface area contributed by atoms with Gasteiger partial charge in [0, 0.05) is 29.2 Å². The first-order valence-corrected chi connectivity index (χ1v) is 10.6. The van der Waals surface area contributed by atoms with Crippen LogP contribution in [0.4, 0.5) is 10.5 Å². The lowest BCUT2D eigenvalue weighted by atomic mass is 10.1. The molecule has 2 aromatic carbocycles. The number of methoxy groups -OCH3 is 1. The molecule has 1 N–H and O–H groups in total. The average Bonchev–Trinajstić information content (AvgIpc) is 3.26. The van der Waals surface area contributed by atoms with Gasteiger partial charge >= 0.3 is 0 Å². The van der Waals surface area contributed by atoms with Gasteiger partial charge in [-0.2, -0.15) is 0 Å². The summed E-state index contributed by atoms with van der Waals surface area (Å²) < 4.78 is 7.30. The Morgan fingerprint density at radius 3 is 2.65 bits per heavy atom. The number of rotatable bonds is 6. The monoisotopic (exact) mass is 435 g/mol. The number of carbonyl (C=O) groups excluding carboxylic acids is 3. The van der Waals surface area contributed by atoms with Crippen molar-refractivity contribution >= 4 is 51.5 Å². The minimum absolute atomic E-state index is 0.300. The van der Waals surface area contributed by atoms with Gasteiger partial charge in [0.05, 0.1) is 17.7 Å². The lowest BCUT2D eigenvalue weighted by molar-refractivity contribution is -0.127. The van der Waals surface area contributed by atoms with E-state index >= 15 is 0 Å². The van der Waals surface area contributed by atoms with Gasteiger partial charge in [-0.05, 0) is 43.0 Å². The molecule has 4 rings (SSSR count). The van der Waals surface area contributed by atoms with Crippen molar-refractivity contribution in [2.24, 2.45) is 0 Å². The number of carbonyl (C=O) groups is 3. The Kier molecular flexibility index (Phi) is 5.81. The molecule has 3 aromatic rings. The molecule has 1 fully saturated rings. The molecule has 0 saturated carbocycles. The predicted octanol–water partition coefficient (Wildman–Crippen LogP) is 4.34. The average molecular weight is 436 g/mol. The number of anilines is 1. The summed E-state index contributed by atoms with van der Waals surface area (Å²) in [7, 11) is 1.50. The van der Waals surface area contributed by atoms with Gasteiger partial charge in [-0.25, -0.2) is 0 Å². The number of fused-ring (bicyclic) bond motifs is 1. The zero-order valence-corrected chi connectivity index (χ0v) is 17.9. The first-order chi connectivity index (χ1) is 15.0. The molecule has 8 heteroatoms. The van der Waals surface area contributed by atoms with Crippen molar-refractivity contribution in [3.8, 4) is 5.75 Å². The number of ether oxygens (including phenoxy) is 1. The molecule has 158 valence electrons. The van der Waals surface area contributed by atoms with E-state index in [-0.39, 0.29) is 6.54 Å². The summed E-state index contributed by atoms with van der Waals surface area (Å²) in [6.07, 6.45) is 3.69. The van der Waals surface area contributed by atoms with Crippen molar-refractivity contribution in [3.63, 3.8) is 0 Å². The topological polar surface area (TPSA) is 80.6 Å². The van der Waals surface area contributed by atoms with Crippen molar-refractivity contribution in [2.45, 2.75) is 13.5 Å². The number of nitrogens with zero attached hydrogens (tertiary/aromatic N) is 2. The number of thioether (sulfide) groups is 1. The number of nitrogens with one attached hydrogen (secondary N) is 1. The molecule has 3 amide bonds. The van der Waals surface area contributed by atoms with E-state index in [1.807, 2.05) is 37.4 Å². The summed E-state index contributed by atoms with van der Waals surface area (Å²) in [4.78, 5) is 39.0. The normalized spacial score (nSPS) is 15.2. The number of aromatic nitrogens is 1. The molecule has 0 atom stereocenters. The number of hydrogen-bond donors (Lipinski definition) is 1. The van der Waals surface area contributed by atoms with E-state index in [2.05, 4.69) is 9.88 Å². The van der Waals surface area contributed by atoms with Crippen molar-refractivity contribution in [3.05, 3.63) is 65.2 Å². The molecule has 1 aliphatic rings. The zero-order valence-electron chi connectivity index (χ0n) is 17.1. The maximum Gasteiger partial charge on any atom is 0.294 e. The molecular formula is C23H21N3O4S. The maximum atomic E-state index is 12.8. The first kappa shape index (κ1) is 20.7. The second-order valence-corrected chi connectivity index (χ2v) is 7.90. The van der Waals surface area contributed by atoms with Gasteiger partial charge in [0.2, 0.25) is 5.91 Å². The van der Waals surface area contributed by atoms with Gasteiger partial charge in [-0.3, -0.25) is 19.3 Å².